The van der Waals surface area contributed by atoms with Crippen LogP contribution in [0.4, 0.5) is 5.69 Å². The van der Waals surface area contributed by atoms with Crippen molar-refractivity contribution >= 4 is 23.5 Å². The Kier molecular flexibility index (Phi) is 6.36. The average molecular weight is 398 g/mol. The third-order valence-corrected chi connectivity index (χ3v) is 5.22. The van der Waals surface area contributed by atoms with E-state index in [1.807, 2.05) is 18.7 Å². The topological polar surface area (TPSA) is 88.8 Å². The number of furan rings is 1. The van der Waals surface area contributed by atoms with Crippen molar-refractivity contribution in [3.05, 3.63) is 54.0 Å². The fraction of sp³-hybridized carbons (Fsp3) is 0.409. The molecule has 1 aliphatic rings. The van der Waals surface area contributed by atoms with Crippen molar-refractivity contribution in [1.82, 2.24) is 4.90 Å². The maximum absolute atomic E-state index is 12.9. The number of carbonyl (C=O) groups is 3. The van der Waals surface area contributed by atoms with E-state index in [0.717, 1.165) is 19.3 Å². The molecule has 1 saturated heterocycles. The lowest BCUT2D eigenvalue weighted by Crippen LogP contribution is -2.51. The van der Waals surface area contributed by atoms with Crippen LogP contribution in [0, 0.1) is 0 Å². The number of benzene rings is 1. The Bertz CT molecular complexity index is 867. The first-order valence-corrected chi connectivity index (χ1v) is 9.85. The zero-order valence-electron chi connectivity index (χ0n) is 16.9. The number of anilines is 1. The van der Waals surface area contributed by atoms with Crippen LogP contribution in [0.15, 0.2) is 47.1 Å². The minimum atomic E-state index is -0.917. The molecule has 29 heavy (non-hydrogen) atoms. The summed E-state index contributed by atoms with van der Waals surface area (Å²) in [6.07, 6.45) is 3.45. The van der Waals surface area contributed by atoms with Gasteiger partial charge in [0.05, 0.1) is 17.5 Å². The highest BCUT2D eigenvalue weighted by molar-refractivity contribution is 6.07. The first-order valence-electron chi connectivity index (χ1n) is 9.85. The lowest BCUT2D eigenvalue weighted by atomic mass is 9.97. The number of piperidine rings is 1. The van der Waals surface area contributed by atoms with Crippen molar-refractivity contribution in [2.75, 3.05) is 5.32 Å². The molecule has 2 amide bonds. The number of nitrogens with one attached hydrogen (secondary N) is 1. The van der Waals surface area contributed by atoms with Crippen LogP contribution in [0.3, 0.4) is 0 Å². The highest BCUT2D eigenvalue weighted by Crippen LogP contribution is 2.24. The Morgan fingerprint density at radius 1 is 1.10 bits per heavy atom. The molecule has 1 aliphatic heterocycles. The molecular weight excluding hydrogens is 372 g/mol. The minimum absolute atomic E-state index is 0.118. The number of hydrogen-bond acceptors (Lipinski definition) is 5. The molecule has 2 aromatic rings. The molecule has 0 bridgehead atoms. The molecule has 2 heterocycles. The van der Waals surface area contributed by atoms with Gasteiger partial charge in [-0.25, -0.2) is 4.79 Å². The van der Waals surface area contributed by atoms with E-state index in [0.29, 0.717) is 5.69 Å². The highest BCUT2D eigenvalue weighted by atomic mass is 16.5. The number of likely N-dealkylation sites (tertiary alicyclic amines) is 1. The molecule has 1 fully saturated rings. The van der Waals surface area contributed by atoms with Crippen molar-refractivity contribution < 1.29 is 23.5 Å². The average Bonchev–Trinajstić information content (AvgIpc) is 3.23. The van der Waals surface area contributed by atoms with Gasteiger partial charge in [-0.2, -0.15) is 0 Å². The molecule has 3 atom stereocenters. The molecular formula is C22H26N2O5. The van der Waals surface area contributed by atoms with E-state index in [9.17, 15) is 14.4 Å². The van der Waals surface area contributed by atoms with Crippen molar-refractivity contribution in [2.24, 2.45) is 0 Å². The maximum atomic E-state index is 12.9. The molecule has 1 aromatic carbocycles. The number of amides is 2. The third-order valence-electron chi connectivity index (χ3n) is 5.22. The number of esters is 1. The monoisotopic (exact) mass is 398 g/mol. The van der Waals surface area contributed by atoms with Gasteiger partial charge in [0.25, 0.3) is 11.8 Å². The smallest absolute Gasteiger partial charge is 0.341 e. The summed E-state index contributed by atoms with van der Waals surface area (Å²) in [6, 6.07) is 9.87. The second-order valence-corrected chi connectivity index (χ2v) is 7.40. The van der Waals surface area contributed by atoms with Crippen LogP contribution in [0.25, 0.3) is 0 Å². The Balaban J connectivity index is 1.70. The summed E-state index contributed by atoms with van der Waals surface area (Å²) in [5.74, 6) is -1.21. The number of rotatable bonds is 5. The van der Waals surface area contributed by atoms with Gasteiger partial charge in [0.1, 0.15) is 0 Å². The zero-order chi connectivity index (χ0) is 21.0. The summed E-state index contributed by atoms with van der Waals surface area (Å²) >= 11 is 0. The van der Waals surface area contributed by atoms with Crippen LogP contribution < -0.4 is 5.32 Å². The first kappa shape index (κ1) is 20.6. The molecule has 0 aliphatic carbocycles. The second kappa shape index (κ2) is 8.94. The van der Waals surface area contributed by atoms with Crippen LogP contribution in [0.2, 0.25) is 0 Å². The van der Waals surface area contributed by atoms with Crippen LogP contribution in [-0.4, -0.2) is 40.9 Å². The second-order valence-electron chi connectivity index (χ2n) is 7.40. The predicted octanol–water partition coefficient (Wildman–Crippen LogP) is 3.87. The molecule has 1 aromatic heterocycles. The van der Waals surface area contributed by atoms with E-state index in [-0.39, 0.29) is 29.3 Å². The Morgan fingerprint density at radius 3 is 2.45 bits per heavy atom. The van der Waals surface area contributed by atoms with Crippen LogP contribution in [-0.2, 0) is 9.53 Å². The van der Waals surface area contributed by atoms with Gasteiger partial charge in [-0.1, -0.05) is 12.1 Å². The SMILES string of the molecule is C[C@@H](OC(=O)c1ccccc1NC(=O)c1ccco1)C(=O)N1[C@@H](C)CCC[C@@H]1C. The van der Waals surface area contributed by atoms with Crippen molar-refractivity contribution in [3.63, 3.8) is 0 Å². The molecule has 0 radical (unpaired) electrons. The molecule has 1 N–H and O–H groups in total. The normalized spacial score (nSPS) is 20.0. The number of carbonyl (C=O) groups excluding carboxylic acids is 3. The van der Waals surface area contributed by atoms with Gasteiger partial charge in [0.15, 0.2) is 11.9 Å². The minimum Gasteiger partial charge on any atom is -0.459 e. The van der Waals surface area contributed by atoms with Crippen LogP contribution >= 0.6 is 0 Å². The lowest BCUT2D eigenvalue weighted by Gasteiger charge is -2.40. The Hall–Kier alpha value is -3.09. The van der Waals surface area contributed by atoms with Crippen molar-refractivity contribution in [1.29, 1.82) is 0 Å². The fourth-order valence-electron chi connectivity index (χ4n) is 3.70. The maximum Gasteiger partial charge on any atom is 0.341 e. The number of nitrogens with zero attached hydrogens (tertiary/aromatic N) is 1. The molecule has 0 saturated carbocycles. The summed E-state index contributed by atoms with van der Waals surface area (Å²) < 4.78 is 10.5. The van der Waals surface area contributed by atoms with Gasteiger partial charge in [0, 0.05) is 12.1 Å². The summed E-state index contributed by atoms with van der Waals surface area (Å²) in [5, 5.41) is 2.64. The molecule has 7 heteroatoms. The van der Waals surface area contributed by atoms with Gasteiger partial charge >= 0.3 is 5.97 Å². The number of ether oxygens (including phenoxy) is 1. The molecule has 0 unspecified atom stereocenters. The van der Waals surface area contributed by atoms with Crippen molar-refractivity contribution in [3.8, 4) is 0 Å². The van der Waals surface area contributed by atoms with E-state index in [1.54, 1.807) is 37.3 Å². The van der Waals surface area contributed by atoms with E-state index < -0.39 is 18.0 Å². The van der Waals surface area contributed by atoms with Crippen LogP contribution in [0.5, 0.6) is 0 Å². The predicted molar refractivity (Wildman–Crippen MR) is 108 cm³/mol. The molecule has 0 spiro atoms. The Labute approximate surface area is 170 Å². The zero-order valence-corrected chi connectivity index (χ0v) is 16.9. The number of hydrogen-bond donors (Lipinski definition) is 1. The quantitative estimate of drug-likeness (QED) is 0.773. The van der Waals surface area contributed by atoms with E-state index in [2.05, 4.69) is 5.32 Å². The molecule has 154 valence electrons. The van der Waals surface area contributed by atoms with Gasteiger partial charge in [0.2, 0.25) is 0 Å². The van der Waals surface area contributed by atoms with Crippen LogP contribution in [0.1, 0.15) is 60.9 Å². The van der Waals surface area contributed by atoms with E-state index in [1.165, 1.54) is 12.3 Å². The standard InChI is InChI=1S/C22H26N2O5/c1-14-8-6-9-15(2)24(14)21(26)16(3)29-22(27)17-10-4-5-11-18(17)23-20(25)19-12-7-13-28-19/h4-5,7,10-16H,6,8-9H2,1-3H3,(H,23,25)/t14-,15-,16+/m0/s1. The summed E-state index contributed by atoms with van der Waals surface area (Å²) in [7, 11) is 0. The number of para-hydroxylation sites is 1. The van der Waals surface area contributed by atoms with Crippen molar-refractivity contribution in [2.45, 2.75) is 58.2 Å². The van der Waals surface area contributed by atoms with E-state index in [4.69, 9.17) is 9.15 Å². The third kappa shape index (κ3) is 4.67. The summed E-state index contributed by atoms with van der Waals surface area (Å²) in [4.78, 5) is 39.6. The largest absolute Gasteiger partial charge is 0.459 e. The lowest BCUT2D eigenvalue weighted by molar-refractivity contribution is -0.146. The van der Waals surface area contributed by atoms with Gasteiger partial charge in [-0.15, -0.1) is 0 Å². The fourth-order valence-corrected chi connectivity index (χ4v) is 3.70. The van der Waals surface area contributed by atoms with Gasteiger partial charge in [-0.05, 0) is 64.3 Å². The molecule has 7 nitrogen and oxygen atoms in total. The van der Waals surface area contributed by atoms with Gasteiger partial charge in [-0.3, -0.25) is 9.59 Å². The highest BCUT2D eigenvalue weighted by Gasteiger charge is 2.33. The summed E-state index contributed by atoms with van der Waals surface area (Å²) in [6.45, 7) is 5.61. The first-order chi connectivity index (χ1) is 13.9. The van der Waals surface area contributed by atoms with E-state index >= 15 is 0 Å². The molecule has 3 rings (SSSR count). The van der Waals surface area contributed by atoms with Gasteiger partial charge < -0.3 is 19.4 Å². The summed E-state index contributed by atoms with van der Waals surface area (Å²) in [5.41, 5.74) is 0.463. The Morgan fingerprint density at radius 2 is 1.79 bits per heavy atom.